The highest BCUT2D eigenvalue weighted by Gasteiger charge is 2.20. The summed E-state index contributed by atoms with van der Waals surface area (Å²) in [5, 5.41) is 15.1. The molecule has 2 aromatic rings. The average molecular weight is 380 g/mol. The van der Waals surface area contributed by atoms with Gasteiger partial charge in [-0.25, -0.2) is 4.39 Å². The van der Waals surface area contributed by atoms with Crippen molar-refractivity contribution in [1.82, 2.24) is 5.32 Å². The highest BCUT2D eigenvalue weighted by molar-refractivity contribution is 6.35. The van der Waals surface area contributed by atoms with E-state index >= 15 is 0 Å². The number of para-hydroxylation sites is 1. The van der Waals surface area contributed by atoms with Gasteiger partial charge in [-0.3, -0.25) is 10.1 Å². The summed E-state index contributed by atoms with van der Waals surface area (Å²) in [6.45, 7) is 3.43. The third-order valence-corrected chi connectivity index (χ3v) is 4.32. The molecular formula is C18H16Cl2FN3O. The number of hydrogen-bond donors (Lipinski definition) is 2. The molecule has 2 atom stereocenters. The second-order valence-electron chi connectivity index (χ2n) is 5.54. The molecule has 0 saturated heterocycles. The second kappa shape index (κ2) is 8.30. The van der Waals surface area contributed by atoms with Gasteiger partial charge < -0.3 is 5.32 Å². The third-order valence-electron chi connectivity index (χ3n) is 3.70. The van der Waals surface area contributed by atoms with Crippen LogP contribution < -0.4 is 10.6 Å². The summed E-state index contributed by atoms with van der Waals surface area (Å²) in [6.07, 6.45) is 0. The van der Waals surface area contributed by atoms with Crippen LogP contribution in [-0.4, -0.2) is 11.9 Å². The van der Waals surface area contributed by atoms with Crippen molar-refractivity contribution in [1.29, 1.82) is 5.26 Å². The quantitative estimate of drug-likeness (QED) is 0.741. The molecule has 0 aromatic heterocycles. The Bertz CT molecular complexity index is 836. The van der Waals surface area contributed by atoms with Crippen molar-refractivity contribution in [3.8, 4) is 6.07 Å². The number of nitrogens with one attached hydrogen (secondary N) is 2. The molecule has 0 saturated carbocycles. The van der Waals surface area contributed by atoms with Gasteiger partial charge in [0.05, 0.1) is 22.3 Å². The van der Waals surface area contributed by atoms with Crippen molar-refractivity contribution in [2.24, 2.45) is 0 Å². The van der Waals surface area contributed by atoms with E-state index in [1.807, 2.05) is 6.07 Å². The van der Waals surface area contributed by atoms with Crippen LogP contribution in [0.5, 0.6) is 0 Å². The highest BCUT2D eigenvalue weighted by Crippen LogP contribution is 2.28. The van der Waals surface area contributed by atoms with Gasteiger partial charge in [0.1, 0.15) is 11.9 Å². The van der Waals surface area contributed by atoms with E-state index in [0.29, 0.717) is 21.8 Å². The Hall–Kier alpha value is -2.13. The summed E-state index contributed by atoms with van der Waals surface area (Å²) < 4.78 is 13.7. The molecule has 0 fully saturated rings. The Morgan fingerprint density at radius 1 is 1.20 bits per heavy atom. The predicted octanol–water partition coefficient (Wildman–Crippen LogP) is 4.68. The molecule has 25 heavy (non-hydrogen) atoms. The van der Waals surface area contributed by atoms with Crippen molar-refractivity contribution < 1.29 is 9.18 Å². The topological polar surface area (TPSA) is 64.9 Å². The summed E-state index contributed by atoms with van der Waals surface area (Å²) in [6, 6.07) is 10.3. The second-order valence-corrected chi connectivity index (χ2v) is 6.36. The van der Waals surface area contributed by atoms with Crippen molar-refractivity contribution in [3.63, 3.8) is 0 Å². The number of anilines is 1. The summed E-state index contributed by atoms with van der Waals surface area (Å²) in [7, 11) is 0. The zero-order valence-electron chi connectivity index (χ0n) is 13.6. The van der Waals surface area contributed by atoms with Gasteiger partial charge in [-0.2, -0.15) is 5.26 Å². The lowest BCUT2D eigenvalue weighted by molar-refractivity contribution is -0.117. The van der Waals surface area contributed by atoms with Gasteiger partial charge in [-0.1, -0.05) is 35.3 Å². The molecule has 0 radical (unpaired) electrons. The highest BCUT2D eigenvalue weighted by atomic mass is 35.5. The number of nitriles is 1. The Labute approximate surface area is 155 Å². The van der Waals surface area contributed by atoms with Crippen LogP contribution in [-0.2, 0) is 4.79 Å². The Kier molecular flexibility index (Phi) is 6.38. The fourth-order valence-corrected chi connectivity index (χ4v) is 2.89. The minimum Gasteiger partial charge on any atom is -0.324 e. The van der Waals surface area contributed by atoms with Gasteiger partial charge in [-0.15, -0.1) is 0 Å². The first-order chi connectivity index (χ1) is 11.8. The van der Waals surface area contributed by atoms with E-state index in [1.165, 1.54) is 12.1 Å². The normalized spacial score (nSPS) is 13.0. The molecule has 0 spiro atoms. The molecule has 2 aromatic carbocycles. The molecule has 1 amide bonds. The summed E-state index contributed by atoms with van der Waals surface area (Å²) in [4.78, 5) is 12.3. The smallest absolute Gasteiger partial charge is 0.241 e. The molecule has 7 heteroatoms. The van der Waals surface area contributed by atoms with Gasteiger partial charge in [0.25, 0.3) is 0 Å². The molecule has 0 aliphatic carbocycles. The minimum atomic E-state index is -0.600. The fourth-order valence-electron chi connectivity index (χ4n) is 2.34. The average Bonchev–Trinajstić information content (AvgIpc) is 2.58. The van der Waals surface area contributed by atoms with Crippen LogP contribution in [0, 0.1) is 17.1 Å². The molecule has 0 heterocycles. The van der Waals surface area contributed by atoms with Crippen molar-refractivity contribution in [3.05, 3.63) is 63.4 Å². The largest absolute Gasteiger partial charge is 0.324 e. The number of amides is 1. The maximum absolute atomic E-state index is 13.7. The van der Waals surface area contributed by atoms with Crippen LogP contribution in [0.15, 0.2) is 36.4 Å². The minimum absolute atomic E-state index is 0.0557. The lowest BCUT2D eigenvalue weighted by Crippen LogP contribution is -2.39. The van der Waals surface area contributed by atoms with E-state index in [4.69, 9.17) is 28.5 Å². The van der Waals surface area contributed by atoms with E-state index in [1.54, 1.807) is 38.1 Å². The zero-order valence-corrected chi connectivity index (χ0v) is 15.1. The standard InChI is InChI=1S/C18H16Cl2FN3O/c1-10(13-7-16(21)15(20)8-14(13)19)23-11(2)18(25)24-17-6-4-3-5-12(17)9-22/h3-8,10-11,23H,1-2H3,(H,24,25)/t10-,11-/m1/s1. The summed E-state index contributed by atoms with van der Waals surface area (Å²) in [5.41, 5.74) is 1.31. The van der Waals surface area contributed by atoms with E-state index in [0.717, 1.165) is 0 Å². The predicted molar refractivity (Wildman–Crippen MR) is 97.2 cm³/mol. The fraction of sp³-hybridized carbons (Fsp3) is 0.222. The lowest BCUT2D eigenvalue weighted by atomic mass is 10.1. The first kappa shape index (κ1) is 19.2. The van der Waals surface area contributed by atoms with Crippen LogP contribution >= 0.6 is 23.2 Å². The maximum Gasteiger partial charge on any atom is 0.241 e. The Morgan fingerprint density at radius 3 is 2.56 bits per heavy atom. The van der Waals surface area contributed by atoms with Gasteiger partial charge in [0.2, 0.25) is 5.91 Å². The maximum atomic E-state index is 13.7. The zero-order chi connectivity index (χ0) is 18.6. The van der Waals surface area contributed by atoms with E-state index in [2.05, 4.69) is 10.6 Å². The third kappa shape index (κ3) is 4.70. The molecule has 0 bridgehead atoms. The Morgan fingerprint density at radius 2 is 1.88 bits per heavy atom. The molecule has 0 aliphatic rings. The van der Waals surface area contributed by atoms with Crippen molar-refractivity contribution >= 4 is 34.8 Å². The van der Waals surface area contributed by atoms with Crippen molar-refractivity contribution in [2.45, 2.75) is 25.9 Å². The molecule has 2 N–H and O–H groups in total. The van der Waals surface area contributed by atoms with E-state index < -0.39 is 11.9 Å². The van der Waals surface area contributed by atoms with Crippen LogP contribution in [0.1, 0.15) is 31.0 Å². The van der Waals surface area contributed by atoms with Gasteiger partial charge >= 0.3 is 0 Å². The monoisotopic (exact) mass is 379 g/mol. The summed E-state index contributed by atoms with van der Waals surface area (Å²) >= 11 is 11.8. The van der Waals surface area contributed by atoms with Crippen LogP contribution in [0.4, 0.5) is 10.1 Å². The first-order valence-corrected chi connectivity index (χ1v) is 8.29. The molecule has 4 nitrogen and oxygen atoms in total. The van der Waals surface area contributed by atoms with E-state index in [-0.39, 0.29) is 17.0 Å². The lowest BCUT2D eigenvalue weighted by Gasteiger charge is -2.21. The number of carbonyl (C=O) groups is 1. The Balaban J connectivity index is 2.08. The molecule has 2 rings (SSSR count). The number of benzene rings is 2. The van der Waals surface area contributed by atoms with Crippen LogP contribution in [0.25, 0.3) is 0 Å². The summed E-state index contributed by atoms with van der Waals surface area (Å²) in [5.74, 6) is -0.894. The SMILES string of the molecule is C[C@@H](N[C@H](C)c1cc(F)c(Cl)cc1Cl)C(=O)Nc1ccccc1C#N. The molecular weight excluding hydrogens is 364 g/mol. The first-order valence-electron chi connectivity index (χ1n) is 7.54. The number of hydrogen-bond acceptors (Lipinski definition) is 3. The number of rotatable bonds is 5. The molecule has 0 unspecified atom stereocenters. The van der Waals surface area contributed by atoms with Crippen molar-refractivity contribution in [2.75, 3.05) is 5.32 Å². The molecule has 0 aliphatic heterocycles. The van der Waals surface area contributed by atoms with E-state index in [9.17, 15) is 9.18 Å². The van der Waals surface area contributed by atoms with Gasteiger partial charge in [0.15, 0.2) is 0 Å². The van der Waals surface area contributed by atoms with Gasteiger partial charge in [-0.05, 0) is 43.7 Å². The number of nitrogens with zero attached hydrogens (tertiary/aromatic N) is 1. The molecule has 130 valence electrons. The van der Waals surface area contributed by atoms with Crippen LogP contribution in [0.2, 0.25) is 10.0 Å². The van der Waals surface area contributed by atoms with Gasteiger partial charge in [0, 0.05) is 11.1 Å². The van der Waals surface area contributed by atoms with Crippen LogP contribution in [0.3, 0.4) is 0 Å². The number of halogens is 3. The number of carbonyl (C=O) groups excluding carboxylic acids is 1.